The van der Waals surface area contributed by atoms with E-state index < -0.39 is 0 Å². The minimum absolute atomic E-state index is 0.141. The van der Waals surface area contributed by atoms with Crippen LogP contribution in [0.5, 0.6) is 11.5 Å². The number of nitrogens with zero attached hydrogens (tertiary/aromatic N) is 1. The molecule has 0 atom stereocenters. The number of ether oxygens (including phenoxy) is 2. The Balaban J connectivity index is 1.75. The number of halogens is 1. The Morgan fingerprint density at radius 1 is 1.17 bits per heavy atom. The average Bonchev–Trinajstić information content (AvgIpc) is 2.71. The molecule has 1 amide bonds. The topological polar surface area (TPSA) is 98.0 Å². The average molecular weight is 419 g/mol. The number of hydrogen-bond donors (Lipinski definition) is 3. The molecule has 2 rings (SSSR count). The third-order valence-corrected chi connectivity index (χ3v) is 4.74. The number of nitrogens with two attached hydrogens (primary N) is 1. The first kappa shape index (κ1) is 22.4. The molecule has 0 bridgehead atoms. The molecule has 0 aromatic heterocycles. The minimum Gasteiger partial charge on any atom is -0.493 e. The third-order valence-electron chi connectivity index (χ3n) is 4.33. The van der Waals surface area contributed by atoms with E-state index in [0.29, 0.717) is 41.3 Å². The van der Waals surface area contributed by atoms with Crippen molar-refractivity contribution in [3.05, 3.63) is 52.5 Å². The van der Waals surface area contributed by atoms with Crippen molar-refractivity contribution in [2.24, 2.45) is 10.7 Å². The van der Waals surface area contributed by atoms with Gasteiger partial charge in [-0.3, -0.25) is 9.79 Å². The van der Waals surface area contributed by atoms with Gasteiger partial charge < -0.3 is 25.8 Å². The van der Waals surface area contributed by atoms with Crippen LogP contribution >= 0.6 is 11.6 Å². The molecule has 0 unspecified atom stereocenters. The molecule has 2 aromatic rings. The molecule has 0 spiro atoms. The highest BCUT2D eigenvalue weighted by Crippen LogP contribution is 2.27. The predicted octanol–water partition coefficient (Wildman–Crippen LogP) is 3.14. The molecule has 156 valence electrons. The molecule has 8 heteroatoms. The van der Waals surface area contributed by atoms with Crippen LogP contribution in [0.3, 0.4) is 0 Å². The van der Waals surface area contributed by atoms with Gasteiger partial charge >= 0.3 is 0 Å². The fourth-order valence-electron chi connectivity index (χ4n) is 2.66. The van der Waals surface area contributed by atoms with Crippen LogP contribution in [-0.2, 0) is 11.2 Å². The Labute approximate surface area is 176 Å². The summed E-state index contributed by atoms with van der Waals surface area (Å²) in [5, 5.41) is 6.49. The summed E-state index contributed by atoms with van der Waals surface area (Å²) < 4.78 is 10.5. The summed E-state index contributed by atoms with van der Waals surface area (Å²) in [4.78, 5) is 16.3. The molecule has 0 radical (unpaired) electrons. The summed E-state index contributed by atoms with van der Waals surface area (Å²) in [5.74, 6) is 1.54. The molecule has 4 N–H and O–H groups in total. The number of carbonyl (C=O) groups excluding carboxylic acids is 1. The molecule has 0 saturated carbocycles. The molecule has 0 fully saturated rings. The van der Waals surface area contributed by atoms with Gasteiger partial charge in [-0.05, 0) is 48.7 Å². The van der Waals surface area contributed by atoms with Crippen LogP contribution in [0.25, 0.3) is 0 Å². The number of carbonyl (C=O) groups is 1. The van der Waals surface area contributed by atoms with E-state index in [1.54, 1.807) is 26.4 Å². The van der Waals surface area contributed by atoms with Gasteiger partial charge in [0.1, 0.15) is 0 Å². The van der Waals surface area contributed by atoms with Gasteiger partial charge in [0, 0.05) is 23.7 Å². The van der Waals surface area contributed by atoms with Gasteiger partial charge in [-0.25, -0.2) is 0 Å². The Morgan fingerprint density at radius 2 is 1.93 bits per heavy atom. The fraction of sp³-hybridized carbons (Fsp3) is 0.333. The van der Waals surface area contributed by atoms with Gasteiger partial charge in [0.15, 0.2) is 17.5 Å². The van der Waals surface area contributed by atoms with Crippen molar-refractivity contribution >= 4 is 29.2 Å². The number of amides is 1. The van der Waals surface area contributed by atoms with E-state index >= 15 is 0 Å². The highest BCUT2D eigenvalue weighted by Gasteiger charge is 2.07. The van der Waals surface area contributed by atoms with Crippen LogP contribution in [0.1, 0.15) is 17.5 Å². The Bertz CT molecular complexity index is 871. The zero-order valence-corrected chi connectivity index (χ0v) is 17.7. The molecule has 0 heterocycles. The van der Waals surface area contributed by atoms with Crippen LogP contribution in [0.2, 0.25) is 5.02 Å². The standard InChI is InChI=1S/C21H27ClN4O3/c1-14-16(22)5-4-6-17(14)26-20(27)10-12-25-21(23)24-11-9-15-7-8-18(28-2)19(13-15)29-3/h4-8,13H,9-12H2,1-3H3,(H,26,27)(H3,23,24,25). The second-order valence-electron chi connectivity index (χ2n) is 6.34. The third kappa shape index (κ3) is 6.87. The summed E-state index contributed by atoms with van der Waals surface area (Å²) in [6, 6.07) is 11.2. The van der Waals surface area contributed by atoms with Gasteiger partial charge in [0.25, 0.3) is 0 Å². The van der Waals surface area contributed by atoms with Crippen molar-refractivity contribution in [1.29, 1.82) is 0 Å². The van der Waals surface area contributed by atoms with Crippen LogP contribution in [0, 0.1) is 6.92 Å². The van der Waals surface area contributed by atoms with Crippen molar-refractivity contribution in [2.45, 2.75) is 19.8 Å². The van der Waals surface area contributed by atoms with Gasteiger partial charge in [0.05, 0.1) is 20.8 Å². The molecule has 0 saturated heterocycles. The van der Waals surface area contributed by atoms with E-state index in [1.165, 1.54) is 0 Å². The maximum atomic E-state index is 12.1. The summed E-state index contributed by atoms with van der Waals surface area (Å²) in [5.41, 5.74) is 8.49. The first-order valence-corrected chi connectivity index (χ1v) is 9.62. The first-order chi connectivity index (χ1) is 13.9. The van der Waals surface area contributed by atoms with E-state index in [1.807, 2.05) is 31.2 Å². The van der Waals surface area contributed by atoms with Crippen molar-refractivity contribution in [2.75, 3.05) is 32.6 Å². The molecular formula is C21H27ClN4O3. The molecule has 7 nitrogen and oxygen atoms in total. The van der Waals surface area contributed by atoms with Crippen LogP contribution < -0.4 is 25.8 Å². The van der Waals surface area contributed by atoms with Gasteiger partial charge in [-0.1, -0.05) is 23.7 Å². The Morgan fingerprint density at radius 3 is 2.66 bits per heavy atom. The zero-order chi connectivity index (χ0) is 21.2. The summed E-state index contributed by atoms with van der Waals surface area (Å²) in [6.45, 7) is 2.76. The van der Waals surface area contributed by atoms with E-state index in [-0.39, 0.29) is 12.3 Å². The quantitative estimate of drug-likeness (QED) is 0.429. The lowest BCUT2D eigenvalue weighted by molar-refractivity contribution is -0.116. The Kier molecular flexibility index (Phi) is 8.61. The number of hydrogen-bond acceptors (Lipinski definition) is 4. The van der Waals surface area contributed by atoms with E-state index in [2.05, 4.69) is 15.6 Å². The minimum atomic E-state index is -0.141. The monoisotopic (exact) mass is 418 g/mol. The second kappa shape index (κ2) is 11.2. The van der Waals surface area contributed by atoms with Gasteiger partial charge in [-0.2, -0.15) is 0 Å². The largest absolute Gasteiger partial charge is 0.493 e. The number of benzene rings is 2. The number of guanidine groups is 1. The molecule has 2 aromatic carbocycles. The highest BCUT2D eigenvalue weighted by molar-refractivity contribution is 6.31. The summed E-state index contributed by atoms with van der Waals surface area (Å²) in [7, 11) is 3.21. The normalized spacial score (nSPS) is 11.1. The van der Waals surface area contributed by atoms with Crippen molar-refractivity contribution in [3.63, 3.8) is 0 Å². The fourth-order valence-corrected chi connectivity index (χ4v) is 2.83. The summed E-state index contributed by atoms with van der Waals surface area (Å²) in [6.07, 6.45) is 0.967. The van der Waals surface area contributed by atoms with E-state index in [4.69, 9.17) is 26.8 Å². The summed E-state index contributed by atoms with van der Waals surface area (Å²) >= 11 is 6.06. The van der Waals surface area contributed by atoms with Crippen LogP contribution in [0.4, 0.5) is 5.69 Å². The highest BCUT2D eigenvalue weighted by atomic mass is 35.5. The molecule has 0 aliphatic rings. The molecule has 0 aliphatic heterocycles. The van der Waals surface area contributed by atoms with Crippen molar-refractivity contribution in [1.82, 2.24) is 5.32 Å². The van der Waals surface area contributed by atoms with Gasteiger partial charge in [0.2, 0.25) is 5.91 Å². The maximum Gasteiger partial charge on any atom is 0.226 e. The molecular weight excluding hydrogens is 392 g/mol. The number of methoxy groups -OCH3 is 2. The van der Waals surface area contributed by atoms with E-state index in [0.717, 1.165) is 17.5 Å². The van der Waals surface area contributed by atoms with E-state index in [9.17, 15) is 4.79 Å². The zero-order valence-electron chi connectivity index (χ0n) is 16.9. The lowest BCUT2D eigenvalue weighted by atomic mass is 10.1. The van der Waals surface area contributed by atoms with Gasteiger partial charge in [-0.15, -0.1) is 0 Å². The van der Waals surface area contributed by atoms with Crippen LogP contribution in [0.15, 0.2) is 41.4 Å². The van der Waals surface area contributed by atoms with Crippen LogP contribution in [-0.4, -0.2) is 39.2 Å². The predicted molar refractivity (Wildman–Crippen MR) is 117 cm³/mol. The van der Waals surface area contributed by atoms with Crippen molar-refractivity contribution < 1.29 is 14.3 Å². The number of aliphatic imine (C=N–C) groups is 1. The maximum absolute atomic E-state index is 12.1. The Hall–Kier alpha value is -2.93. The molecule has 29 heavy (non-hydrogen) atoms. The SMILES string of the molecule is COc1ccc(CCNC(N)=NCCC(=O)Nc2cccc(Cl)c2C)cc1OC. The lowest BCUT2D eigenvalue weighted by Crippen LogP contribution is -2.33. The van der Waals surface area contributed by atoms with Crippen molar-refractivity contribution in [3.8, 4) is 11.5 Å². The number of anilines is 1. The second-order valence-corrected chi connectivity index (χ2v) is 6.75. The number of nitrogens with one attached hydrogen (secondary N) is 2. The lowest BCUT2D eigenvalue weighted by Gasteiger charge is -2.10. The first-order valence-electron chi connectivity index (χ1n) is 9.24. The number of rotatable bonds is 9. The molecule has 0 aliphatic carbocycles. The smallest absolute Gasteiger partial charge is 0.226 e.